The summed E-state index contributed by atoms with van der Waals surface area (Å²) in [4.78, 5) is 13.4. The van der Waals surface area contributed by atoms with Crippen molar-refractivity contribution in [2.24, 2.45) is 0 Å². The second kappa shape index (κ2) is 8.64. The lowest BCUT2D eigenvalue weighted by Gasteiger charge is -2.18. The summed E-state index contributed by atoms with van der Waals surface area (Å²) in [6.07, 6.45) is 3.76. The van der Waals surface area contributed by atoms with Crippen molar-refractivity contribution in [1.82, 2.24) is 9.97 Å². The summed E-state index contributed by atoms with van der Waals surface area (Å²) >= 11 is 9.19. The van der Waals surface area contributed by atoms with E-state index in [1.807, 2.05) is 42.2 Å². The standard InChI is InChI=1S/C25H18N2S3/c28-22-14-26-20-12-6-4-10-18(20)24(22)30-23-15-27-21-13-7-5-11-19(21)25(23)29-16-17-8-2-1-3-9-17/h1-15,28H,16H2/p-1. The molecule has 0 spiro atoms. The predicted octanol–water partition coefficient (Wildman–Crippen LogP) is 7.13. The molecule has 2 nitrogen and oxygen atoms in total. The Hall–Kier alpha value is -2.60. The van der Waals surface area contributed by atoms with E-state index in [4.69, 9.17) is 17.6 Å². The number of pyridine rings is 2. The van der Waals surface area contributed by atoms with Gasteiger partial charge < -0.3 is 12.6 Å². The Bertz CT molecular complexity index is 1340. The zero-order chi connectivity index (χ0) is 20.3. The molecule has 0 N–H and O–H groups in total. The molecule has 0 aliphatic rings. The van der Waals surface area contributed by atoms with Gasteiger partial charge in [-0.25, -0.2) is 0 Å². The van der Waals surface area contributed by atoms with E-state index in [0.717, 1.165) is 36.9 Å². The molecule has 2 aromatic heterocycles. The van der Waals surface area contributed by atoms with E-state index in [2.05, 4.69) is 59.6 Å². The van der Waals surface area contributed by atoms with Crippen LogP contribution in [0.5, 0.6) is 0 Å². The van der Waals surface area contributed by atoms with Gasteiger partial charge in [0.1, 0.15) is 0 Å². The molecule has 0 aliphatic heterocycles. The number of rotatable bonds is 5. The minimum Gasteiger partial charge on any atom is -0.777 e. The Kier molecular flexibility index (Phi) is 5.58. The molecule has 5 rings (SSSR count). The minimum absolute atomic E-state index is 0.769. The first-order valence-electron chi connectivity index (χ1n) is 9.57. The molecule has 0 atom stereocenters. The van der Waals surface area contributed by atoms with Crippen molar-refractivity contribution in [3.8, 4) is 0 Å². The number of aromatic nitrogens is 2. The fourth-order valence-corrected chi connectivity index (χ4v) is 5.94. The number of para-hydroxylation sites is 2. The third-order valence-corrected chi connectivity index (χ3v) is 7.77. The first-order chi connectivity index (χ1) is 14.8. The molecule has 30 heavy (non-hydrogen) atoms. The lowest BCUT2D eigenvalue weighted by atomic mass is 10.2. The average Bonchev–Trinajstić information content (AvgIpc) is 2.80. The Balaban J connectivity index is 1.60. The van der Waals surface area contributed by atoms with Crippen molar-refractivity contribution in [1.29, 1.82) is 0 Å². The molecule has 0 saturated heterocycles. The molecule has 5 aromatic rings. The van der Waals surface area contributed by atoms with Gasteiger partial charge in [0.2, 0.25) is 0 Å². The predicted molar refractivity (Wildman–Crippen MR) is 129 cm³/mol. The van der Waals surface area contributed by atoms with E-state index in [-0.39, 0.29) is 0 Å². The highest BCUT2D eigenvalue weighted by Crippen LogP contribution is 2.43. The zero-order valence-electron chi connectivity index (χ0n) is 16.0. The van der Waals surface area contributed by atoms with Crippen LogP contribution in [-0.4, -0.2) is 9.97 Å². The number of fused-ring (bicyclic) bond motifs is 2. The normalized spacial score (nSPS) is 11.2. The molecule has 0 unspecified atom stereocenters. The monoisotopic (exact) mass is 441 g/mol. The van der Waals surface area contributed by atoms with Gasteiger partial charge in [-0.1, -0.05) is 78.5 Å². The highest BCUT2D eigenvalue weighted by atomic mass is 32.2. The Morgan fingerprint density at radius 2 is 1.27 bits per heavy atom. The van der Waals surface area contributed by atoms with Gasteiger partial charge in [0, 0.05) is 43.6 Å². The third kappa shape index (κ3) is 3.88. The summed E-state index contributed by atoms with van der Waals surface area (Å²) in [6, 6.07) is 27.0. The summed E-state index contributed by atoms with van der Waals surface area (Å²) in [7, 11) is 0. The molecule has 0 fully saturated rings. The highest BCUT2D eigenvalue weighted by Gasteiger charge is 2.13. The van der Waals surface area contributed by atoms with Gasteiger partial charge in [0.15, 0.2) is 0 Å². The number of hydrogen-bond donors (Lipinski definition) is 0. The largest absolute Gasteiger partial charge is 0.777 e. The van der Waals surface area contributed by atoms with Crippen LogP contribution in [0.2, 0.25) is 0 Å². The Morgan fingerprint density at radius 3 is 2.00 bits per heavy atom. The van der Waals surface area contributed by atoms with Crippen molar-refractivity contribution in [2.75, 3.05) is 0 Å². The molecule has 0 radical (unpaired) electrons. The topological polar surface area (TPSA) is 25.8 Å². The maximum absolute atomic E-state index is 5.65. The van der Waals surface area contributed by atoms with Gasteiger partial charge in [-0.05, 0) is 17.7 Å². The molecular formula is C25H17N2S3-. The first kappa shape index (κ1) is 19.4. The van der Waals surface area contributed by atoms with Crippen LogP contribution in [0.4, 0.5) is 0 Å². The quantitative estimate of drug-likeness (QED) is 0.213. The van der Waals surface area contributed by atoms with Crippen LogP contribution in [0, 0.1) is 0 Å². The lowest BCUT2D eigenvalue weighted by molar-refractivity contribution is 1.17. The van der Waals surface area contributed by atoms with Crippen molar-refractivity contribution in [2.45, 2.75) is 25.3 Å². The fraction of sp³-hybridized carbons (Fsp3) is 0.0400. The SMILES string of the molecule is [S-]c1cnc2ccccc2c1Sc1cnc2ccccc2c1SCc1ccccc1. The van der Waals surface area contributed by atoms with Gasteiger partial charge in [-0.3, -0.25) is 9.97 Å². The van der Waals surface area contributed by atoms with E-state index in [0.29, 0.717) is 0 Å². The molecule has 0 bridgehead atoms. The summed E-state index contributed by atoms with van der Waals surface area (Å²) in [6.45, 7) is 0. The minimum atomic E-state index is 0.769. The van der Waals surface area contributed by atoms with Crippen molar-refractivity contribution < 1.29 is 0 Å². The van der Waals surface area contributed by atoms with Crippen LogP contribution in [0.1, 0.15) is 5.56 Å². The van der Waals surface area contributed by atoms with E-state index in [9.17, 15) is 0 Å². The lowest BCUT2D eigenvalue weighted by Crippen LogP contribution is -1.91. The fourth-order valence-electron chi connectivity index (χ4n) is 3.36. The molecule has 5 heteroatoms. The second-order valence-electron chi connectivity index (χ2n) is 6.81. The van der Waals surface area contributed by atoms with E-state index >= 15 is 0 Å². The third-order valence-electron chi connectivity index (χ3n) is 4.82. The van der Waals surface area contributed by atoms with Crippen LogP contribution >= 0.6 is 23.5 Å². The molecule has 0 aliphatic carbocycles. The maximum Gasteiger partial charge on any atom is 0.0714 e. The van der Waals surface area contributed by atoms with Crippen LogP contribution in [-0.2, 0) is 18.4 Å². The molecule has 0 amide bonds. The van der Waals surface area contributed by atoms with Gasteiger partial charge in [0.25, 0.3) is 0 Å². The van der Waals surface area contributed by atoms with Crippen LogP contribution in [0.25, 0.3) is 21.8 Å². The van der Waals surface area contributed by atoms with E-state index in [1.54, 1.807) is 18.0 Å². The Morgan fingerprint density at radius 1 is 0.667 bits per heavy atom. The van der Waals surface area contributed by atoms with Crippen molar-refractivity contribution >= 4 is 58.0 Å². The first-order valence-corrected chi connectivity index (χ1v) is 11.8. The van der Waals surface area contributed by atoms with Gasteiger partial charge >= 0.3 is 0 Å². The summed E-state index contributed by atoms with van der Waals surface area (Å²) in [5.41, 5.74) is 3.27. The molecule has 146 valence electrons. The second-order valence-corrected chi connectivity index (χ2v) is 9.29. The van der Waals surface area contributed by atoms with Crippen molar-refractivity contribution in [3.05, 3.63) is 96.8 Å². The summed E-state index contributed by atoms with van der Waals surface area (Å²) in [5, 5.41) is 2.26. The molecule has 0 saturated carbocycles. The van der Waals surface area contributed by atoms with Crippen LogP contribution < -0.4 is 0 Å². The van der Waals surface area contributed by atoms with E-state index in [1.165, 1.54) is 15.8 Å². The number of nitrogens with zero attached hydrogens (tertiary/aromatic N) is 2. The number of hydrogen-bond acceptors (Lipinski definition) is 5. The summed E-state index contributed by atoms with van der Waals surface area (Å²) in [5.74, 6) is 0.903. The zero-order valence-corrected chi connectivity index (χ0v) is 18.4. The maximum atomic E-state index is 5.65. The molecular weight excluding hydrogens is 424 g/mol. The Labute approximate surface area is 189 Å². The van der Waals surface area contributed by atoms with Crippen LogP contribution in [0.15, 0.2) is 111 Å². The van der Waals surface area contributed by atoms with Gasteiger partial charge in [-0.2, -0.15) is 0 Å². The van der Waals surface area contributed by atoms with E-state index < -0.39 is 0 Å². The average molecular weight is 442 g/mol. The van der Waals surface area contributed by atoms with Crippen molar-refractivity contribution in [3.63, 3.8) is 0 Å². The summed E-state index contributed by atoms with van der Waals surface area (Å²) < 4.78 is 0. The smallest absolute Gasteiger partial charge is 0.0714 e. The number of thioether (sulfide) groups is 1. The van der Waals surface area contributed by atoms with Crippen LogP contribution in [0.3, 0.4) is 0 Å². The molecule has 3 aromatic carbocycles. The molecule has 2 heterocycles. The number of benzene rings is 3. The highest BCUT2D eigenvalue weighted by molar-refractivity contribution is 8.02. The van der Waals surface area contributed by atoms with Gasteiger partial charge in [0.05, 0.1) is 11.0 Å². The van der Waals surface area contributed by atoms with Gasteiger partial charge in [-0.15, -0.1) is 16.7 Å².